The quantitative estimate of drug-likeness (QED) is 0.0979. The molecule has 5 aromatic rings. The number of aryl methyl sites for hydroxylation is 2. The second-order valence-corrected chi connectivity index (χ2v) is 16.6. The first-order valence-electron chi connectivity index (χ1n) is 20.3. The summed E-state index contributed by atoms with van der Waals surface area (Å²) in [5.41, 5.74) is 18.3. The molecule has 0 unspecified atom stereocenters. The molecule has 0 aliphatic rings. The third kappa shape index (κ3) is 19.3. The van der Waals surface area contributed by atoms with Crippen LogP contribution >= 0.6 is 12.4 Å². The largest absolute Gasteiger partial charge is 0.469 e. The number of esters is 1. The molecule has 0 aliphatic heterocycles. The fourth-order valence-corrected chi connectivity index (χ4v) is 5.25. The van der Waals surface area contributed by atoms with Gasteiger partial charge in [0.05, 0.1) is 62.8 Å². The van der Waals surface area contributed by atoms with E-state index in [0.717, 1.165) is 28.9 Å². The number of carbonyl (C=O) groups excluding carboxylic acids is 2. The molecule has 0 saturated heterocycles. The van der Waals surface area contributed by atoms with Gasteiger partial charge in [-0.05, 0) is 62.9 Å². The van der Waals surface area contributed by atoms with Gasteiger partial charge in [0.1, 0.15) is 5.82 Å². The van der Waals surface area contributed by atoms with Crippen molar-refractivity contribution in [1.29, 1.82) is 5.26 Å². The summed E-state index contributed by atoms with van der Waals surface area (Å²) in [5, 5.41) is 13.1. The highest BCUT2D eigenvalue weighted by Gasteiger charge is 2.29. The SMILES string of the molecule is CC(C)(COCc1ccccc1)C(=O)CC#N.CCC(C)(C)c1cc(N)n(-c2ccc(C)cc2)n1.COC(=O)C(C)(C)COCc1ccccc1.Cc1ccc(CN)cc1.Cl. The molecule has 4 aromatic carbocycles. The number of nitrogens with two attached hydrogens (primary N) is 2. The zero-order chi connectivity index (χ0) is 44.8. The van der Waals surface area contributed by atoms with Crippen molar-refractivity contribution in [2.75, 3.05) is 26.1 Å². The minimum Gasteiger partial charge on any atom is -0.469 e. The zero-order valence-corrected chi connectivity index (χ0v) is 38.7. The Bertz CT molecular complexity index is 2040. The maximum atomic E-state index is 11.6. The van der Waals surface area contributed by atoms with Crippen LogP contribution in [0, 0.1) is 36.0 Å². The monoisotopic (exact) mass is 853 g/mol. The van der Waals surface area contributed by atoms with Crippen LogP contribution in [0.5, 0.6) is 0 Å². The normalized spacial score (nSPS) is 10.9. The Hall–Kier alpha value is -5.31. The van der Waals surface area contributed by atoms with E-state index in [1.165, 1.54) is 23.8 Å². The molecule has 0 bridgehead atoms. The molecule has 5 rings (SSSR count). The summed E-state index contributed by atoms with van der Waals surface area (Å²) in [4.78, 5) is 23.0. The van der Waals surface area contributed by atoms with Gasteiger partial charge in [0.2, 0.25) is 0 Å². The van der Waals surface area contributed by atoms with E-state index in [-0.39, 0.29) is 36.0 Å². The van der Waals surface area contributed by atoms with Crippen LogP contribution in [-0.2, 0) is 49.0 Å². The average molecular weight is 855 g/mol. The molecule has 4 N–H and O–H groups in total. The number of rotatable bonds is 15. The predicted molar refractivity (Wildman–Crippen MR) is 249 cm³/mol. The molecule has 1 heterocycles. The first-order valence-corrected chi connectivity index (χ1v) is 20.3. The molecule has 0 radical (unpaired) electrons. The second-order valence-electron chi connectivity index (χ2n) is 16.6. The van der Waals surface area contributed by atoms with Crippen molar-refractivity contribution >= 4 is 30.0 Å². The fraction of sp³-hybridized carbons (Fsp3) is 0.400. The molecule has 0 spiro atoms. The van der Waals surface area contributed by atoms with E-state index >= 15 is 0 Å². The van der Waals surface area contributed by atoms with Crippen molar-refractivity contribution in [3.63, 3.8) is 0 Å². The number of nitrogen functional groups attached to an aromatic ring is 1. The van der Waals surface area contributed by atoms with Crippen LogP contribution in [0.4, 0.5) is 5.82 Å². The molecule has 0 fully saturated rings. The number of carbonyl (C=O) groups is 2. The molecule has 11 heteroatoms. The van der Waals surface area contributed by atoms with Gasteiger partial charge in [-0.3, -0.25) is 9.59 Å². The summed E-state index contributed by atoms with van der Waals surface area (Å²) in [6.45, 7) is 20.2. The van der Waals surface area contributed by atoms with E-state index < -0.39 is 10.8 Å². The predicted octanol–water partition coefficient (Wildman–Crippen LogP) is 10.4. The van der Waals surface area contributed by atoms with E-state index in [1.807, 2.05) is 103 Å². The van der Waals surface area contributed by atoms with Crippen LogP contribution in [0.2, 0.25) is 0 Å². The highest BCUT2D eigenvalue weighted by atomic mass is 35.5. The van der Waals surface area contributed by atoms with E-state index in [9.17, 15) is 9.59 Å². The minimum atomic E-state index is -0.594. The number of ketones is 1. The van der Waals surface area contributed by atoms with E-state index in [2.05, 4.69) is 76.1 Å². The average Bonchev–Trinajstić information content (AvgIpc) is 3.64. The van der Waals surface area contributed by atoms with Crippen molar-refractivity contribution < 1.29 is 23.8 Å². The molecule has 1 aromatic heterocycles. The molecule has 0 atom stereocenters. The van der Waals surface area contributed by atoms with Crippen molar-refractivity contribution in [2.45, 2.75) is 100 Å². The maximum Gasteiger partial charge on any atom is 0.313 e. The van der Waals surface area contributed by atoms with E-state index in [1.54, 1.807) is 13.8 Å². The Morgan fingerprint density at radius 2 is 1.18 bits per heavy atom. The van der Waals surface area contributed by atoms with Crippen molar-refractivity contribution in [2.24, 2.45) is 16.6 Å². The summed E-state index contributed by atoms with van der Waals surface area (Å²) in [5.74, 6) is 0.365. The lowest BCUT2D eigenvalue weighted by atomic mass is 9.87. The standard InChI is InChI=1S/C15H21N3.C14H17NO2.C13H18O3.C8H11N.ClH/c1-5-15(3,4)13-10-14(16)18(17-13)12-8-6-11(2)7-9-12;1-14(2,13(16)8-9-15)11-17-10-12-6-4-3-5-7-12;1-13(2,12(14)15-3)10-16-9-11-7-5-4-6-8-11;1-7-2-4-8(6-9)5-3-7;/h6-10H,5,16H2,1-4H3;3-7H,8,10-11H2,1-2H3;4-8H,9-10H2,1-3H3;2-5H,6,9H2,1H3;1H. The smallest absolute Gasteiger partial charge is 0.313 e. The molecular formula is C50H68ClN5O5. The number of hydrogen-bond donors (Lipinski definition) is 2. The van der Waals surface area contributed by atoms with Crippen LogP contribution in [0.15, 0.2) is 115 Å². The van der Waals surface area contributed by atoms with Crippen molar-refractivity contribution in [3.8, 4) is 11.8 Å². The van der Waals surface area contributed by atoms with Crippen LogP contribution in [-0.4, -0.2) is 41.9 Å². The van der Waals surface area contributed by atoms with Gasteiger partial charge in [-0.25, -0.2) is 4.68 Å². The number of ether oxygens (including phenoxy) is 3. The topological polar surface area (TPSA) is 155 Å². The number of halogens is 1. The Balaban J connectivity index is 0.000000414. The Morgan fingerprint density at radius 3 is 1.61 bits per heavy atom. The highest BCUT2D eigenvalue weighted by Crippen LogP contribution is 2.28. The van der Waals surface area contributed by atoms with Gasteiger partial charge in [0.25, 0.3) is 0 Å². The summed E-state index contributed by atoms with van der Waals surface area (Å²) in [6, 6.07) is 40.0. The Morgan fingerprint density at radius 1 is 0.721 bits per heavy atom. The molecule has 10 nitrogen and oxygen atoms in total. The van der Waals surface area contributed by atoms with Gasteiger partial charge in [-0.1, -0.05) is 143 Å². The van der Waals surface area contributed by atoms with Crippen molar-refractivity contribution in [3.05, 3.63) is 149 Å². The number of aromatic nitrogens is 2. The Kier molecular flexibility index (Phi) is 23.6. The van der Waals surface area contributed by atoms with Crippen LogP contribution in [0.25, 0.3) is 5.69 Å². The minimum absolute atomic E-state index is 0. The number of benzene rings is 4. The van der Waals surface area contributed by atoms with Gasteiger partial charge >= 0.3 is 5.97 Å². The van der Waals surface area contributed by atoms with Gasteiger partial charge < -0.3 is 25.7 Å². The lowest BCUT2D eigenvalue weighted by Gasteiger charge is -2.21. The fourth-order valence-electron chi connectivity index (χ4n) is 5.25. The molecule has 0 saturated carbocycles. The van der Waals surface area contributed by atoms with E-state index in [4.69, 9.17) is 30.9 Å². The number of nitrogens with zero attached hydrogens (tertiary/aromatic N) is 3. The highest BCUT2D eigenvalue weighted by molar-refractivity contribution is 5.86. The molecular weight excluding hydrogens is 786 g/mol. The number of hydrogen-bond acceptors (Lipinski definition) is 9. The number of anilines is 1. The third-order valence-electron chi connectivity index (χ3n) is 9.83. The molecule has 0 aliphatic carbocycles. The van der Waals surface area contributed by atoms with Gasteiger partial charge in [-0.2, -0.15) is 10.4 Å². The van der Waals surface area contributed by atoms with Crippen molar-refractivity contribution in [1.82, 2.24) is 9.78 Å². The summed E-state index contributed by atoms with van der Waals surface area (Å²) < 4.78 is 17.5. The summed E-state index contributed by atoms with van der Waals surface area (Å²) in [7, 11) is 1.39. The molecule has 330 valence electrons. The second kappa shape index (κ2) is 26.8. The summed E-state index contributed by atoms with van der Waals surface area (Å²) >= 11 is 0. The van der Waals surface area contributed by atoms with Crippen LogP contribution in [0.1, 0.15) is 94.8 Å². The maximum absolute atomic E-state index is 11.6. The van der Waals surface area contributed by atoms with Crippen LogP contribution < -0.4 is 11.5 Å². The number of Topliss-reactive ketones (excluding diaryl/α,β-unsaturated/α-hetero) is 1. The summed E-state index contributed by atoms with van der Waals surface area (Å²) in [6.07, 6.45) is 0.985. The first kappa shape index (κ1) is 53.7. The van der Waals surface area contributed by atoms with Crippen LogP contribution in [0.3, 0.4) is 0 Å². The molecule has 61 heavy (non-hydrogen) atoms. The first-order chi connectivity index (χ1) is 28.4. The lowest BCUT2D eigenvalue weighted by Crippen LogP contribution is -2.30. The third-order valence-corrected chi connectivity index (χ3v) is 9.83. The number of methoxy groups -OCH3 is 1. The molecule has 0 amide bonds. The Labute approximate surface area is 371 Å². The van der Waals surface area contributed by atoms with Gasteiger partial charge in [0, 0.05) is 23.4 Å². The van der Waals surface area contributed by atoms with Gasteiger partial charge in [-0.15, -0.1) is 12.4 Å². The van der Waals surface area contributed by atoms with E-state index in [0.29, 0.717) is 38.8 Å². The lowest BCUT2D eigenvalue weighted by molar-refractivity contribution is -0.154. The zero-order valence-electron chi connectivity index (χ0n) is 37.9. The number of nitriles is 1. The van der Waals surface area contributed by atoms with Gasteiger partial charge in [0.15, 0.2) is 5.78 Å².